The van der Waals surface area contributed by atoms with Crippen LogP contribution in [0, 0.1) is 0 Å². The van der Waals surface area contributed by atoms with Crippen molar-refractivity contribution < 1.29 is 0 Å². The van der Waals surface area contributed by atoms with E-state index in [1.54, 1.807) is 0 Å². The third kappa shape index (κ3) is 5.80. The maximum atomic E-state index is 4.89. The lowest BCUT2D eigenvalue weighted by molar-refractivity contribution is 0.908. The van der Waals surface area contributed by atoms with E-state index in [1.165, 1.54) is 77.2 Å². The predicted octanol–water partition coefficient (Wildman–Crippen LogP) is 14.2. The summed E-state index contributed by atoms with van der Waals surface area (Å²) in [5.41, 5.74) is 15.5. The van der Waals surface area contributed by atoms with Crippen LogP contribution in [0.1, 0.15) is 12.7 Å². The molecule has 10 rings (SSSR count). The predicted molar refractivity (Wildman–Crippen MR) is 233 cm³/mol. The van der Waals surface area contributed by atoms with Gasteiger partial charge in [-0.05, 0) is 114 Å². The van der Waals surface area contributed by atoms with Crippen molar-refractivity contribution in [1.82, 2.24) is 9.55 Å². The minimum Gasteiger partial charge on any atom is -0.296 e. The van der Waals surface area contributed by atoms with Gasteiger partial charge in [-0.1, -0.05) is 171 Å². The zero-order valence-electron chi connectivity index (χ0n) is 30.7. The molecule has 1 aromatic heterocycles. The molecule has 0 aliphatic carbocycles. The highest BCUT2D eigenvalue weighted by Gasteiger charge is 2.18. The summed E-state index contributed by atoms with van der Waals surface area (Å²) in [6.07, 6.45) is 0.871. The number of aromatic nitrogens is 2. The highest BCUT2D eigenvalue weighted by molar-refractivity contribution is 6.22. The molecule has 2 nitrogen and oxygen atoms in total. The first-order valence-electron chi connectivity index (χ1n) is 19.1. The molecule has 0 radical (unpaired) electrons. The molecule has 0 fully saturated rings. The Morgan fingerprint density at radius 3 is 1.51 bits per heavy atom. The number of fused-ring (bicyclic) bond motifs is 3. The number of benzene rings is 9. The number of aryl methyl sites for hydroxylation is 1. The average Bonchev–Trinajstić information content (AvgIpc) is 3.65. The van der Waals surface area contributed by atoms with Crippen molar-refractivity contribution in [3.05, 3.63) is 206 Å². The molecule has 1 heterocycles. The summed E-state index contributed by atoms with van der Waals surface area (Å²) in [7, 11) is 0. The Bertz CT molecular complexity index is 2970. The van der Waals surface area contributed by atoms with Crippen molar-refractivity contribution in [2.75, 3.05) is 0 Å². The van der Waals surface area contributed by atoms with E-state index in [4.69, 9.17) is 4.98 Å². The number of para-hydroxylation sites is 2. The van der Waals surface area contributed by atoms with Gasteiger partial charge in [0.1, 0.15) is 5.82 Å². The Labute approximate surface area is 321 Å². The van der Waals surface area contributed by atoms with Gasteiger partial charge in [-0.15, -0.1) is 0 Å². The standard InChI is InChI=1S/C53H38N2/c1-2-51-54-49-22-11-12-23-50(49)55(51)44-31-28-39(29-32-44)38-24-26-40(27-25-38)52-45-20-9-10-21-46(45)53(43-19-13-18-41(34-43)36-14-5-3-6-15-36)48-35-42(30-33-47(48)52)37-16-7-4-8-17-37/h3-35H,2H2,1H3. The van der Waals surface area contributed by atoms with E-state index in [0.29, 0.717) is 0 Å². The fourth-order valence-corrected chi connectivity index (χ4v) is 8.33. The van der Waals surface area contributed by atoms with Gasteiger partial charge < -0.3 is 0 Å². The van der Waals surface area contributed by atoms with Crippen LogP contribution in [0.15, 0.2) is 200 Å². The van der Waals surface area contributed by atoms with Gasteiger partial charge in [0.05, 0.1) is 11.0 Å². The van der Waals surface area contributed by atoms with Gasteiger partial charge in [-0.25, -0.2) is 4.98 Å². The van der Waals surface area contributed by atoms with Crippen LogP contribution in [0.2, 0.25) is 0 Å². The molecular formula is C53H38N2. The van der Waals surface area contributed by atoms with Crippen molar-refractivity contribution >= 4 is 32.6 Å². The summed E-state index contributed by atoms with van der Waals surface area (Å²) in [6, 6.07) is 72.7. The Kier molecular flexibility index (Phi) is 8.15. The van der Waals surface area contributed by atoms with Crippen molar-refractivity contribution in [2.45, 2.75) is 13.3 Å². The molecule has 0 N–H and O–H groups in total. The first-order valence-corrected chi connectivity index (χ1v) is 19.1. The van der Waals surface area contributed by atoms with Crippen LogP contribution in [0.25, 0.3) is 93.9 Å². The van der Waals surface area contributed by atoms with E-state index in [-0.39, 0.29) is 0 Å². The van der Waals surface area contributed by atoms with Gasteiger partial charge in [-0.3, -0.25) is 4.57 Å². The molecule has 0 spiro atoms. The van der Waals surface area contributed by atoms with E-state index in [9.17, 15) is 0 Å². The molecule has 0 amide bonds. The smallest absolute Gasteiger partial charge is 0.114 e. The minimum atomic E-state index is 0.871. The minimum absolute atomic E-state index is 0.871. The van der Waals surface area contributed by atoms with Crippen LogP contribution in [0.5, 0.6) is 0 Å². The molecule has 0 unspecified atom stereocenters. The number of imidazole rings is 1. The van der Waals surface area contributed by atoms with Crippen molar-refractivity contribution in [3.8, 4) is 61.3 Å². The highest BCUT2D eigenvalue weighted by atomic mass is 15.1. The number of hydrogen-bond acceptors (Lipinski definition) is 1. The second kappa shape index (κ2) is 13.7. The monoisotopic (exact) mass is 702 g/mol. The van der Waals surface area contributed by atoms with Gasteiger partial charge in [-0.2, -0.15) is 0 Å². The first-order chi connectivity index (χ1) is 27.2. The van der Waals surface area contributed by atoms with Crippen LogP contribution >= 0.6 is 0 Å². The fraction of sp³-hybridized carbons (Fsp3) is 0.0377. The van der Waals surface area contributed by atoms with Crippen LogP contribution in [-0.4, -0.2) is 9.55 Å². The van der Waals surface area contributed by atoms with Gasteiger partial charge >= 0.3 is 0 Å². The van der Waals surface area contributed by atoms with Crippen LogP contribution in [-0.2, 0) is 6.42 Å². The van der Waals surface area contributed by atoms with Crippen molar-refractivity contribution in [1.29, 1.82) is 0 Å². The maximum Gasteiger partial charge on any atom is 0.114 e. The third-order valence-corrected chi connectivity index (χ3v) is 11.0. The molecule has 0 bridgehead atoms. The van der Waals surface area contributed by atoms with Gasteiger partial charge in [0.25, 0.3) is 0 Å². The lowest BCUT2D eigenvalue weighted by Gasteiger charge is -2.19. The van der Waals surface area contributed by atoms with E-state index >= 15 is 0 Å². The summed E-state index contributed by atoms with van der Waals surface area (Å²) in [5, 5.41) is 4.99. The fourth-order valence-electron chi connectivity index (χ4n) is 8.33. The van der Waals surface area contributed by atoms with E-state index in [2.05, 4.69) is 212 Å². The third-order valence-electron chi connectivity index (χ3n) is 11.0. The van der Waals surface area contributed by atoms with E-state index in [0.717, 1.165) is 29.0 Å². The maximum absolute atomic E-state index is 4.89. The molecule has 9 aromatic carbocycles. The molecule has 2 heteroatoms. The van der Waals surface area contributed by atoms with Crippen molar-refractivity contribution in [2.24, 2.45) is 0 Å². The summed E-state index contributed by atoms with van der Waals surface area (Å²) in [4.78, 5) is 4.89. The number of hydrogen-bond donors (Lipinski definition) is 0. The Morgan fingerprint density at radius 2 is 0.836 bits per heavy atom. The first kappa shape index (κ1) is 32.6. The Morgan fingerprint density at radius 1 is 0.364 bits per heavy atom. The molecule has 260 valence electrons. The zero-order valence-corrected chi connectivity index (χ0v) is 30.7. The number of rotatable bonds is 7. The Balaban J connectivity index is 1.11. The number of nitrogens with zero attached hydrogens (tertiary/aromatic N) is 2. The molecule has 10 aromatic rings. The second-order valence-electron chi connectivity index (χ2n) is 14.2. The summed E-state index contributed by atoms with van der Waals surface area (Å²) < 4.78 is 2.28. The zero-order chi connectivity index (χ0) is 36.7. The largest absolute Gasteiger partial charge is 0.296 e. The van der Waals surface area contributed by atoms with E-state index < -0.39 is 0 Å². The van der Waals surface area contributed by atoms with Gasteiger partial charge in [0, 0.05) is 12.1 Å². The quantitative estimate of drug-likeness (QED) is 0.151. The summed E-state index contributed by atoms with van der Waals surface area (Å²) in [5.74, 6) is 1.07. The SMILES string of the molecule is CCc1nc2ccccc2n1-c1ccc(-c2ccc(-c3c4ccccc4c(-c4cccc(-c5ccccc5)c4)c4cc(-c5ccccc5)ccc34)cc2)cc1. The summed E-state index contributed by atoms with van der Waals surface area (Å²) in [6.45, 7) is 2.17. The molecule has 0 aliphatic heterocycles. The lowest BCUT2D eigenvalue weighted by Crippen LogP contribution is -1.99. The molecule has 0 saturated heterocycles. The van der Waals surface area contributed by atoms with Crippen LogP contribution in [0.3, 0.4) is 0 Å². The Hall–Kier alpha value is -7.03. The molecular weight excluding hydrogens is 665 g/mol. The molecule has 0 atom stereocenters. The van der Waals surface area contributed by atoms with Crippen LogP contribution in [0.4, 0.5) is 0 Å². The van der Waals surface area contributed by atoms with Gasteiger partial charge in [0.15, 0.2) is 0 Å². The summed E-state index contributed by atoms with van der Waals surface area (Å²) >= 11 is 0. The van der Waals surface area contributed by atoms with Crippen molar-refractivity contribution in [3.63, 3.8) is 0 Å². The van der Waals surface area contributed by atoms with Crippen LogP contribution < -0.4 is 0 Å². The lowest BCUT2D eigenvalue weighted by atomic mass is 9.84. The second-order valence-corrected chi connectivity index (χ2v) is 14.2. The molecule has 55 heavy (non-hydrogen) atoms. The van der Waals surface area contributed by atoms with Gasteiger partial charge in [0.2, 0.25) is 0 Å². The molecule has 0 aliphatic rings. The molecule has 0 saturated carbocycles. The van der Waals surface area contributed by atoms with E-state index in [1.807, 2.05) is 0 Å². The topological polar surface area (TPSA) is 17.8 Å². The highest BCUT2D eigenvalue weighted by Crippen LogP contribution is 2.45. The average molecular weight is 703 g/mol. The normalized spacial score (nSPS) is 11.4.